The lowest BCUT2D eigenvalue weighted by atomic mass is 10.2. The number of hydrogen-bond donors (Lipinski definition) is 2. The number of anilines is 1. The molecule has 7 heteroatoms. The van der Waals surface area contributed by atoms with Crippen molar-refractivity contribution in [1.29, 1.82) is 0 Å². The van der Waals surface area contributed by atoms with Crippen molar-refractivity contribution in [3.8, 4) is 0 Å². The maximum absolute atomic E-state index is 13.1. The van der Waals surface area contributed by atoms with Gasteiger partial charge in [0.2, 0.25) is 5.91 Å². The molecule has 0 unspecified atom stereocenters. The minimum Gasteiger partial charge on any atom is -0.376 e. The van der Waals surface area contributed by atoms with E-state index in [4.69, 9.17) is 0 Å². The van der Waals surface area contributed by atoms with Crippen LogP contribution in [0.25, 0.3) is 0 Å². The van der Waals surface area contributed by atoms with Gasteiger partial charge in [-0.15, -0.1) is 0 Å². The fourth-order valence-electron chi connectivity index (χ4n) is 1.34. The Kier molecular flexibility index (Phi) is 5.23. The Hall–Kier alpha value is -2.18. The lowest BCUT2D eigenvalue weighted by Gasteiger charge is -2.09. The van der Waals surface area contributed by atoms with Gasteiger partial charge in [-0.25, -0.2) is 4.39 Å². The topological polar surface area (TPSA) is 84.3 Å². The van der Waals surface area contributed by atoms with E-state index in [2.05, 4.69) is 10.6 Å². The van der Waals surface area contributed by atoms with Crippen molar-refractivity contribution in [3.05, 3.63) is 34.1 Å². The summed E-state index contributed by atoms with van der Waals surface area (Å²) in [5.41, 5.74) is -0.156. The van der Waals surface area contributed by atoms with Crippen LogP contribution in [-0.2, 0) is 4.79 Å². The molecule has 104 valence electrons. The zero-order valence-corrected chi connectivity index (χ0v) is 10.8. The molecule has 6 nitrogen and oxygen atoms in total. The first-order valence-corrected chi connectivity index (χ1v) is 5.84. The molecule has 1 rings (SSSR count). The summed E-state index contributed by atoms with van der Waals surface area (Å²) in [5.74, 6) is -0.640. The summed E-state index contributed by atoms with van der Waals surface area (Å²) >= 11 is 0. The van der Waals surface area contributed by atoms with Crippen molar-refractivity contribution in [2.75, 3.05) is 18.4 Å². The molecule has 2 N–H and O–H groups in total. The Morgan fingerprint density at radius 2 is 2.11 bits per heavy atom. The van der Waals surface area contributed by atoms with Gasteiger partial charge in [0.05, 0.1) is 17.5 Å². The number of benzene rings is 1. The number of carbonyl (C=O) groups excluding carboxylic acids is 1. The molecule has 1 aromatic rings. The van der Waals surface area contributed by atoms with Crippen molar-refractivity contribution in [2.24, 2.45) is 5.92 Å². The molecule has 0 radical (unpaired) electrons. The predicted molar refractivity (Wildman–Crippen MR) is 69.4 cm³/mol. The lowest BCUT2D eigenvalue weighted by molar-refractivity contribution is -0.385. The fraction of sp³-hybridized carbons (Fsp3) is 0.417. The summed E-state index contributed by atoms with van der Waals surface area (Å²) in [6.07, 6.45) is 0. The molecular formula is C12H16FN3O3. The fourth-order valence-corrected chi connectivity index (χ4v) is 1.34. The molecule has 0 heterocycles. The van der Waals surface area contributed by atoms with Crippen LogP contribution in [-0.4, -0.2) is 23.9 Å². The summed E-state index contributed by atoms with van der Waals surface area (Å²) < 4.78 is 13.1. The van der Waals surface area contributed by atoms with Crippen LogP contribution in [0.3, 0.4) is 0 Å². The molecule has 0 saturated carbocycles. The molecule has 0 aliphatic carbocycles. The number of amides is 1. The normalized spacial score (nSPS) is 10.3. The standard InChI is InChI=1S/C12H16FN3O3/c1-8(2)6-15-12(17)7-14-10-3-9(13)4-11(5-10)16(18)19/h3-5,8,14H,6-7H2,1-2H3,(H,15,17). The number of halogens is 1. The molecule has 0 saturated heterocycles. The van der Waals surface area contributed by atoms with E-state index in [1.807, 2.05) is 13.8 Å². The molecule has 0 aliphatic heterocycles. The summed E-state index contributed by atoms with van der Waals surface area (Å²) in [5, 5.41) is 15.9. The first-order valence-electron chi connectivity index (χ1n) is 5.84. The summed E-state index contributed by atoms with van der Waals surface area (Å²) in [7, 11) is 0. The Labute approximate surface area is 110 Å². The number of rotatable bonds is 6. The van der Waals surface area contributed by atoms with Crippen molar-refractivity contribution in [2.45, 2.75) is 13.8 Å². The average Bonchev–Trinajstić information content (AvgIpc) is 2.33. The molecule has 19 heavy (non-hydrogen) atoms. The van der Waals surface area contributed by atoms with Crippen molar-refractivity contribution < 1.29 is 14.1 Å². The van der Waals surface area contributed by atoms with E-state index in [-0.39, 0.29) is 23.8 Å². The Balaban J connectivity index is 2.58. The average molecular weight is 269 g/mol. The Morgan fingerprint density at radius 3 is 2.68 bits per heavy atom. The molecular weight excluding hydrogens is 253 g/mol. The first kappa shape index (κ1) is 14.9. The van der Waals surface area contributed by atoms with E-state index in [0.29, 0.717) is 12.5 Å². The van der Waals surface area contributed by atoms with Gasteiger partial charge >= 0.3 is 0 Å². The van der Waals surface area contributed by atoms with Crippen molar-refractivity contribution >= 4 is 17.3 Å². The molecule has 0 aromatic heterocycles. The number of carbonyl (C=O) groups is 1. The quantitative estimate of drug-likeness (QED) is 0.610. The van der Waals surface area contributed by atoms with Gasteiger partial charge in [-0.2, -0.15) is 0 Å². The van der Waals surface area contributed by atoms with E-state index in [1.165, 1.54) is 6.07 Å². The molecule has 0 aliphatic rings. The third-order valence-corrected chi connectivity index (χ3v) is 2.25. The highest BCUT2D eigenvalue weighted by molar-refractivity contribution is 5.80. The number of nitrogens with zero attached hydrogens (tertiary/aromatic N) is 1. The van der Waals surface area contributed by atoms with Crippen LogP contribution in [0.15, 0.2) is 18.2 Å². The molecule has 0 spiro atoms. The van der Waals surface area contributed by atoms with Gasteiger partial charge in [0.25, 0.3) is 5.69 Å². The molecule has 1 amide bonds. The second-order valence-corrected chi connectivity index (χ2v) is 4.51. The van der Waals surface area contributed by atoms with Crippen LogP contribution < -0.4 is 10.6 Å². The Morgan fingerprint density at radius 1 is 1.42 bits per heavy atom. The SMILES string of the molecule is CC(C)CNC(=O)CNc1cc(F)cc([N+](=O)[O-])c1. The highest BCUT2D eigenvalue weighted by Gasteiger charge is 2.10. The maximum Gasteiger partial charge on any atom is 0.274 e. The van der Waals surface area contributed by atoms with E-state index < -0.39 is 10.7 Å². The highest BCUT2D eigenvalue weighted by atomic mass is 19.1. The minimum atomic E-state index is -0.723. The van der Waals surface area contributed by atoms with Crippen molar-refractivity contribution in [1.82, 2.24) is 5.32 Å². The maximum atomic E-state index is 13.1. The minimum absolute atomic E-state index is 0.0622. The van der Waals surface area contributed by atoms with E-state index in [9.17, 15) is 19.3 Å². The number of nitro groups is 1. The van der Waals surface area contributed by atoms with Crippen LogP contribution in [0.4, 0.5) is 15.8 Å². The van der Waals surface area contributed by atoms with Crippen molar-refractivity contribution in [3.63, 3.8) is 0 Å². The number of non-ortho nitro benzene ring substituents is 1. The molecule has 1 aromatic carbocycles. The highest BCUT2D eigenvalue weighted by Crippen LogP contribution is 2.19. The summed E-state index contributed by atoms with van der Waals surface area (Å²) in [4.78, 5) is 21.3. The number of nitrogens with one attached hydrogen (secondary N) is 2. The Bertz CT molecular complexity index is 477. The van der Waals surface area contributed by atoms with E-state index in [1.54, 1.807) is 0 Å². The predicted octanol–water partition coefficient (Wildman–Crippen LogP) is 1.92. The van der Waals surface area contributed by atoms with Gasteiger partial charge in [-0.1, -0.05) is 13.8 Å². The van der Waals surface area contributed by atoms with Crippen LogP contribution in [0.5, 0.6) is 0 Å². The molecule has 0 bridgehead atoms. The lowest BCUT2D eigenvalue weighted by Crippen LogP contribution is -2.32. The van der Waals surface area contributed by atoms with Gasteiger partial charge in [0, 0.05) is 18.3 Å². The third-order valence-electron chi connectivity index (χ3n) is 2.25. The van der Waals surface area contributed by atoms with Crippen LogP contribution in [0.1, 0.15) is 13.8 Å². The largest absolute Gasteiger partial charge is 0.376 e. The van der Waals surface area contributed by atoms with Crippen LogP contribution in [0, 0.1) is 21.8 Å². The zero-order chi connectivity index (χ0) is 14.4. The van der Waals surface area contributed by atoms with Gasteiger partial charge in [-0.05, 0) is 12.0 Å². The van der Waals surface area contributed by atoms with Crippen LogP contribution >= 0.6 is 0 Å². The number of hydrogen-bond acceptors (Lipinski definition) is 4. The monoisotopic (exact) mass is 269 g/mol. The smallest absolute Gasteiger partial charge is 0.274 e. The first-order chi connectivity index (χ1) is 8.88. The second kappa shape index (κ2) is 6.67. The second-order valence-electron chi connectivity index (χ2n) is 4.51. The number of nitro benzene ring substituents is 1. The van der Waals surface area contributed by atoms with Gasteiger partial charge in [-0.3, -0.25) is 14.9 Å². The molecule has 0 fully saturated rings. The third kappa shape index (κ3) is 5.33. The van der Waals surface area contributed by atoms with Gasteiger partial charge in [0.15, 0.2) is 0 Å². The summed E-state index contributed by atoms with van der Waals surface area (Å²) in [6, 6.07) is 3.10. The molecule has 0 atom stereocenters. The van der Waals surface area contributed by atoms with E-state index in [0.717, 1.165) is 12.1 Å². The van der Waals surface area contributed by atoms with Gasteiger partial charge < -0.3 is 10.6 Å². The van der Waals surface area contributed by atoms with Gasteiger partial charge in [0.1, 0.15) is 5.82 Å². The zero-order valence-electron chi connectivity index (χ0n) is 10.8. The summed E-state index contributed by atoms with van der Waals surface area (Å²) in [6.45, 7) is 4.41. The van der Waals surface area contributed by atoms with Crippen LogP contribution in [0.2, 0.25) is 0 Å². The van der Waals surface area contributed by atoms with E-state index >= 15 is 0 Å².